The molecule has 0 spiro atoms. The lowest BCUT2D eigenvalue weighted by Crippen LogP contribution is -2.49. The van der Waals surface area contributed by atoms with E-state index in [4.69, 9.17) is 15.2 Å². The molecule has 1 saturated carbocycles. The molecule has 2 aromatic rings. The van der Waals surface area contributed by atoms with Crippen molar-refractivity contribution in [1.82, 2.24) is 10.2 Å². The number of hydrogen-bond acceptors (Lipinski definition) is 7. The fourth-order valence-corrected chi connectivity index (χ4v) is 5.08. The lowest BCUT2D eigenvalue weighted by atomic mass is 9.91. The highest BCUT2D eigenvalue weighted by molar-refractivity contribution is 5.99. The summed E-state index contributed by atoms with van der Waals surface area (Å²) in [4.78, 5) is 41.9. The molecule has 1 aliphatic carbocycles. The smallest absolute Gasteiger partial charge is 0.254 e. The quantitative estimate of drug-likeness (QED) is 0.509. The first-order valence-corrected chi connectivity index (χ1v) is 13.0. The van der Waals surface area contributed by atoms with Crippen LogP contribution in [0, 0.1) is 0 Å². The Morgan fingerprint density at radius 1 is 0.868 bits per heavy atom. The van der Waals surface area contributed by atoms with Crippen molar-refractivity contribution in [2.24, 2.45) is 5.73 Å². The van der Waals surface area contributed by atoms with Gasteiger partial charge in [0, 0.05) is 56.3 Å². The summed E-state index contributed by atoms with van der Waals surface area (Å²) in [6, 6.07) is 10.8. The first-order chi connectivity index (χ1) is 18.3. The third-order valence-electron chi connectivity index (χ3n) is 7.21. The summed E-state index contributed by atoms with van der Waals surface area (Å²) in [6.07, 6.45) is 3.55. The number of ether oxygens (including phenoxy) is 2. The predicted octanol–water partition coefficient (Wildman–Crippen LogP) is 2.62. The van der Waals surface area contributed by atoms with Gasteiger partial charge in [-0.15, -0.1) is 0 Å². The molecule has 3 amide bonds. The van der Waals surface area contributed by atoms with Crippen molar-refractivity contribution in [3.8, 4) is 11.5 Å². The van der Waals surface area contributed by atoms with Crippen LogP contribution in [0.15, 0.2) is 36.4 Å². The van der Waals surface area contributed by atoms with Crippen LogP contribution >= 0.6 is 0 Å². The second kappa shape index (κ2) is 12.2. The van der Waals surface area contributed by atoms with Crippen molar-refractivity contribution in [3.05, 3.63) is 47.5 Å². The topological polar surface area (TPSA) is 126 Å². The van der Waals surface area contributed by atoms with Gasteiger partial charge in [0.15, 0.2) is 11.5 Å². The average Bonchev–Trinajstić information content (AvgIpc) is 2.93. The van der Waals surface area contributed by atoms with Gasteiger partial charge in [-0.05, 0) is 62.1 Å². The molecule has 0 aromatic heterocycles. The molecule has 1 saturated heterocycles. The maximum absolute atomic E-state index is 13.1. The molecule has 0 unspecified atom stereocenters. The Morgan fingerprint density at radius 2 is 1.53 bits per heavy atom. The monoisotopic (exact) mass is 523 g/mol. The largest absolute Gasteiger partial charge is 0.493 e. The number of carbonyl (C=O) groups excluding carboxylic acids is 3. The first-order valence-electron chi connectivity index (χ1n) is 13.0. The molecule has 204 valence electrons. The van der Waals surface area contributed by atoms with E-state index in [2.05, 4.69) is 15.5 Å². The molecule has 2 aliphatic rings. The molecule has 2 aromatic carbocycles. The van der Waals surface area contributed by atoms with Crippen molar-refractivity contribution >= 4 is 29.1 Å². The highest BCUT2D eigenvalue weighted by Gasteiger charge is 2.26. The van der Waals surface area contributed by atoms with Crippen LogP contribution in [-0.4, -0.2) is 75.1 Å². The zero-order valence-corrected chi connectivity index (χ0v) is 22.3. The van der Waals surface area contributed by atoms with E-state index in [0.717, 1.165) is 31.4 Å². The molecule has 0 atom stereocenters. The number of carbonyl (C=O) groups is 3. The van der Waals surface area contributed by atoms with Gasteiger partial charge in [0.2, 0.25) is 5.91 Å². The lowest BCUT2D eigenvalue weighted by Gasteiger charge is -2.37. The Bertz CT molecular complexity index is 1170. The normalized spacial score (nSPS) is 19.5. The molecule has 2 fully saturated rings. The Hall–Kier alpha value is -3.79. The summed E-state index contributed by atoms with van der Waals surface area (Å²) in [7, 11) is 3.10. The van der Waals surface area contributed by atoms with E-state index >= 15 is 0 Å². The summed E-state index contributed by atoms with van der Waals surface area (Å²) in [5.74, 6) is 0.622. The zero-order chi connectivity index (χ0) is 27.2. The van der Waals surface area contributed by atoms with Crippen molar-refractivity contribution < 1.29 is 23.9 Å². The van der Waals surface area contributed by atoms with Crippen LogP contribution < -0.4 is 30.7 Å². The van der Waals surface area contributed by atoms with Gasteiger partial charge in [-0.25, -0.2) is 0 Å². The average molecular weight is 524 g/mol. The number of hydrogen-bond donors (Lipinski definition) is 3. The number of methoxy groups -OCH3 is 2. The van der Waals surface area contributed by atoms with Crippen molar-refractivity contribution in [3.63, 3.8) is 0 Å². The fraction of sp³-hybridized carbons (Fsp3) is 0.464. The molecule has 1 aliphatic heterocycles. The predicted molar refractivity (Wildman–Crippen MR) is 146 cm³/mol. The van der Waals surface area contributed by atoms with Crippen molar-refractivity contribution in [1.29, 1.82) is 0 Å². The van der Waals surface area contributed by atoms with Crippen molar-refractivity contribution in [2.75, 3.05) is 50.6 Å². The highest BCUT2D eigenvalue weighted by atomic mass is 16.5. The number of nitrogens with one attached hydrogen (secondary N) is 2. The number of anilines is 2. The third kappa shape index (κ3) is 6.36. The fourth-order valence-electron chi connectivity index (χ4n) is 5.08. The first kappa shape index (κ1) is 27.3. The summed E-state index contributed by atoms with van der Waals surface area (Å²) >= 11 is 0. The molecule has 0 radical (unpaired) electrons. The molecule has 4 N–H and O–H groups in total. The van der Waals surface area contributed by atoms with E-state index in [1.165, 1.54) is 14.0 Å². The van der Waals surface area contributed by atoms with Gasteiger partial charge in [0.05, 0.1) is 25.6 Å². The summed E-state index contributed by atoms with van der Waals surface area (Å²) in [5, 5.41) is 5.98. The summed E-state index contributed by atoms with van der Waals surface area (Å²) in [5.41, 5.74) is 8.41. The van der Waals surface area contributed by atoms with Crippen LogP contribution in [0.2, 0.25) is 0 Å². The lowest BCUT2D eigenvalue weighted by molar-refractivity contribution is -0.114. The maximum Gasteiger partial charge on any atom is 0.254 e. The number of benzene rings is 2. The van der Waals surface area contributed by atoms with Gasteiger partial charge < -0.3 is 35.6 Å². The van der Waals surface area contributed by atoms with Gasteiger partial charge in [-0.3, -0.25) is 14.4 Å². The summed E-state index contributed by atoms with van der Waals surface area (Å²) < 4.78 is 10.6. The van der Waals surface area contributed by atoms with Crippen LogP contribution in [0.1, 0.15) is 53.3 Å². The second-order valence-electron chi connectivity index (χ2n) is 9.85. The standard InChI is InChI=1S/C28H37N5O5/c1-18(34)30-23-16-19(27(35)31-22-8-6-21(29)7-9-22)4-10-24(23)32-12-14-33(15-13-32)28(36)20-5-11-25(37-2)26(17-20)38-3/h4-5,10-11,16-17,21-22H,6-9,12-15,29H2,1-3H3,(H,30,34)(H,31,35). The van der Waals surface area contributed by atoms with Gasteiger partial charge in [-0.1, -0.05) is 0 Å². The number of nitrogens with zero attached hydrogens (tertiary/aromatic N) is 2. The molecular weight excluding hydrogens is 486 g/mol. The van der Waals surface area contributed by atoms with Crippen molar-refractivity contribution in [2.45, 2.75) is 44.7 Å². The molecule has 10 nitrogen and oxygen atoms in total. The molecule has 1 heterocycles. The molecule has 4 rings (SSSR count). The number of amides is 3. The van der Waals surface area contributed by atoms with Gasteiger partial charge in [0.1, 0.15) is 0 Å². The van der Waals surface area contributed by atoms with Crippen LogP contribution in [0.3, 0.4) is 0 Å². The van der Waals surface area contributed by atoms with Crippen LogP contribution in [0.4, 0.5) is 11.4 Å². The minimum Gasteiger partial charge on any atom is -0.493 e. The van der Waals surface area contributed by atoms with E-state index < -0.39 is 0 Å². The minimum atomic E-state index is -0.215. The maximum atomic E-state index is 13.1. The van der Waals surface area contributed by atoms with Crippen LogP contribution in [0.25, 0.3) is 0 Å². The Morgan fingerprint density at radius 3 is 2.16 bits per heavy atom. The second-order valence-corrected chi connectivity index (χ2v) is 9.85. The third-order valence-corrected chi connectivity index (χ3v) is 7.21. The highest BCUT2D eigenvalue weighted by Crippen LogP contribution is 2.31. The van der Waals surface area contributed by atoms with E-state index in [1.54, 1.807) is 42.3 Å². The number of piperazine rings is 1. The molecule has 0 bridgehead atoms. The zero-order valence-electron chi connectivity index (χ0n) is 22.3. The molecular formula is C28H37N5O5. The Labute approximate surface area is 223 Å². The summed E-state index contributed by atoms with van der Waals surface area (Å²) in [6.45, 7) is 3.64. The molecule has 10 heteroatoms. The van der Waals surface area contributed by atoms with E-state index in [0.29, 0.717) is 54.5 Å². The number of nitrogens with two attached hydrogens (primary N) is 1. The van der Waals surface area contributed by atoms with E-state index in [1.807, 2.05) is 6.07 Å². The minimum absolute atomic E-state index is 0.0802. The van der Waals surface area contributed by atoms with Crippen LogP contribution in [0.5, 0.6) is 11.5 Å². The van der Waals surface area contributed by atoms with E-state index in [9.17, 15) is 14.4 Å². The number of rotatable bonds is 7. The van der Waals surface area contributed by atoms with Gasteiger partial charge in [0.25, 0.3) is 11.8 Å². The Balaban J connectivity index is 1.43. The van der Waals surface area contributed by atoms with Crippen LogP contribution in [-0.2, 0) is 4.79 Å². The SMILES string of the molecule is COc1ccc(C(=O)N2CCN(c3ccc(C(=O)NC4CCC(N)CC4)cc3NC(C)=O)CC2)cc1OC. The Kier molecular flexibility index (Phi) is 8.73. The molecule has 38 heavy (non-hydrogen) atoms. The van der Waals surface area contributed by atoms with E-state index in [-0.39, 0.29) is 29.8 Å². The van der Waals surface area contributed by atoms with Gasteiger partial charge >= 0.3 is 0 Å². The van der Waals surface area contributed by atoms with Gasteiger partial charge in [-0.2, -0.15) is 0 Å².